The molecule has 3 aromatic heterocycles. The van der Waals surface area contributed by atoms with Crippen LogP contribution in [0.5, 0.6) is 5.75 Å². The fourth-order valence-corrected chi connectivity index (χ4v) is 8.32. The second-order valence-corrected chi connectivity index (χ2v) is 15.1. The molecule has 3 aromatic carbocycles. The van der Waals surface area contributed by atoms with E-state index in [1.54, 1.807) is 30.3 Å². The molecule has 8 rings (SSSR count). The van der Waals surface area contributed by atoms with Gasteiger partial charge in [-0.25, -0.2) is 9.97 Å². The molecule has 0 amide bonds. The Morgan fingerprint density at radius 3 is 2.53 bits per heavy atom. The van der Waals surface area contributed by atoms with Gasteiger partial charge in [0.05, 0.1) is 0 Å². The van der Waals surface area contributed by atoms with E-state index in [1.807, 2.05) is 67.3 Å². The largest absolute Gasteiger partial charge is 0.480 e. The maximum Gasteiger partial charge on any atom is 0.387 e. The molecular formula is C43H42F2N6O6. The molecule has 294 valence electrons. The number of aromatic nitrogens is 3. The molecule has 2 atom stereocenters. The highest BCUT2D eigenvalue weighted by atomic mass is 19.3. The third-order valence-corrected chi connectivity index (χ3v) is 11.5. The zero-order chi connectivity index (χ0) is 40.0. The summed E-state index contributed by atoms with van der Waals surface area (Å²) in [6, 6.07) is 18.1. The molecule has 14 heteroatoms. The van der Waals surface area contributed by atoms with E-state index in [2.05, 4.69) is 10.3 Å². The second kappa shape index (κ2) is 15.2. The van der Waals surface area contributed by atoms with Crippen LogP contribution in [0.2, 0.25) is 0 Å². The second-order valence-electron chi connectivity index (χ2n) is 15.1. The number of carbonyl (C=O) groups is 2. The highest BCUT2D eigenvalue weighted by molar-refractivity contribution is 5.91. The van der Waals surface area contributed by atoms with Crippen LogP contribution in [0.3, 0.4) is 0 Å². The number of ether oxygens (including phenoxy) is 1. The predicted octanol–water partition coefficient (Wildman–Crippen LogP) is 8.55. The lowest BCUT2D eigenvalue weighted by Crippen LogP contribution is -2.47. The Bertz CT molecular complexity index is 2530. The normalized spacial score (nSPS) is 18.9. The van der Waals surface area contributed by atoms with E-state index in [0.29, 0.717) is 67.2 Å². The lowest BCUT2D eigenvalue weighted by atomic mass is 9.93. The van der Waals surface area contributed by atoms with E-state index in [0.717, 1.165) is 50.9 Å². The maximum atomic E-state index is 13.5. The number of benzene rings is 3. The average molecular weight is 777 g/mol. The molecule has 2 unspecified atom stereocenters. The van der Waals surface area contributed by atoms with Crippen molar-refractivity contribution in [1.82, 2.24) is 24.8 Å². The number of rotatable bonds is 12. The molecule has 2 aliphatic rings. The lowest BCUT2D eigenvalue weighted by molar-refractivity contribution is -0.149. The van der Waals surface area contributed by atoms with Gasteiger partial charge in [-0.05, 0) is 118 Å². The molecular weight excluding hydrogens is 735 g/mol. The van der Waals surface area contributed by atoms with Gasteiger partial charge in [0, 0.05) is 53.8 Å². The monoisotopic (exact) mass is 776 g/mol. The van der Waals surface area contributed by atoms with Gasteiger partial charge in [0.15, 0.2) is 11.4 Å². The summed E-state index contributed by atoms with van der Waals surface area (Å²) < 4.78 is 38.1. The van der Waals surface area contributed by atoms with Gasteiger partial charge < -0.3 is 24.7 Å². The van der Waals surface area contributed by atoms with Gasteiger partial charge in [0.1, 0.15) is 28.4 Å². The van der Waals surface area contributed by atoms with Crippen molar-refractivity contribution in [2.24, 2.45) is 0 Å². The first-order chi connectivity index (χ1) is 27.4. The number of anilines is 2. The van der Waals surface area contributed by atoms with E-state index >= 15 is 0 Å². The molecule has 5 heterocycles. The standard InChI is InChI=1S/C43H42F2N6O6/c1-24-29(8-4-10-31(24)39-49-33-19-28(23-50-16-6-12-34(50)40(52)53)35(57-42(44)45)20-36(33)56-39)30-9-5-11-32(25(30)2)48-38-37-27(13-15-46-38)18-26(21-47-37)22-51-17-7-14-43(51,3)41(54)55/h4-5,8-11,13,15,18-21,34,42H,6-7,12,14,16-17,22-23H2,1-3H3,(H,46,48)(H,52,53)(H,54,55). The van der Waals surface area contributed by atoms with Crippen LogP contribution in [0.15, 0.2) is 77.5 Å². The summed E-state index contributed by atoms with van der Waals surface area (Å²) in [7, 11) is 0. The number of alkyl halides is 2. The van der Waals surface area contributed by atoms with E-state index in [-0.39, 0.29) is 17.9 Å². The number of pyridine rings is 2. The van der Waals surface area contributed by atoms with Gasteiger partial charge in [0.2, 0.25) is 5.89 Å². The van der Waals surface area contributed by atoms with Crippen LogP contribution in [0, 0.1) is 13.8 Å². The van der Waals surface area contributed by atoms with Crippen molar-refractivity contribution < 1.29 is 37.7 Å². The average Bonchev–Trinajstić information content (AvgIpc) is 3.92. The van der Waals surface area contributed by atoms with Crippen molar-refractivity contribution in [3.8, 4) is 28.3 Å². The molecule has 12 nitrogen and oxygen atoms in total. The minimum atomic E-state index is -3.07. The Kier molecular flexibility index (Phi) is 10.1. The summed E-state index contributed by atoms with van der Waals surface area (Å²) in [5, 5.41) is 23.9. The summed E-state index contributed by atoms with van der Waals surface area (Å²) in [5.74, 6) is -0.938. The minimum Gasteiger partial charge on any atom is -0.480 e. The van der Waals surface area contributed by atoms with Crippen molar-refractivity contribution in [2.75, 3.05) is 18.4 Å². The molecule has 57 heavy (non-hydrogen) atoms. The molecule has 2 fully saturated rings. The van der Waals surface area contributed by atoms with Crippen molar-refractivity contribution in [3.63, 3.8) is 0 Å². The Hall–Kier alpha value is -5.99. The number of nitrogens with one attached hydrogen (secondary N) is 1. The zero-order valence-corrected chi connectivity index (χ0v) is 31.8. The number of hydrogen-bond donors (Lipinski definition) is 3. The quantitative estimate of drug-likeness (QED) is 0.109. The highest BCUT2D eigenvalue weighted by Crippen LogP contribution is 2.39. The van der Waals surface area contributed by atoms with Crippen molar-refractivity contribution in [1.29, 1.82) is 0 Å². The molecule has 2 saturated heterocycles. The topological polar surface area (TPSA) is 154 Å². The fraction of sp³-hybridized carbons (Fsp3) is 0.326. The van der Waals surface area contributed by atoms with Crippen molar-refractivity contribution in [2.45, 2.75) is 77.7 Å². The lowest BCUT2D eigenvalue weighted by Gasteiger charge is -2.31. The highest BCUT2D eigenvalue weighted by Gasteiger charge is 2.43. The van der Waals surface area contributed by atoms with Gasteiger partial charge >= 0.3 is 18.6 Å². The summed E-state index contributed by atoms with van der Waals surface area (Å²) in [5.41, 5.74) is 7.16. The zero-order valence-electron chi connectivity index (χ0n) is 31.8. The predicted molar refractivity (Wildman–Crippen MR) is 211 cm³/mol. The molecule has 0 radical (unpaired) electrons. The van der Waals surface area contributed by atoms with Crippen molar-refractivity contribution >= 4 is 45.4 Å². The van der Waals surface area contributed by atoms with E-state index < -0.39 is 30.1 Å². The first-order valence-electron chi connectivity index (χ1n) is 18.9. The summed E-state index contributed by atoms with van der Waals surface area (Å²) in [6.07, 6.45) is 6.15. The minimum absolute atomic E-state index is 0.0802. The van der Waals surface area contributed by atoms with Crippen LogP contribution >= 0.6 is 0 Å². The molecule has 0 spiro atoms. The molecule has 0 bridgehead atoms. The molecule has 6 aromatic rings. The van der Waals surface area contributed by atoms with Gasteiger partial charge in [-0.2, -0.15) is 8.78 Å². The number of halogens is 2. The molecule has 0 saturated carbocycles. The third-order valence-electron chi connectivity index (χ3n) is 11.5. The molecule has 3 N–H and O–H groups in total. The van der Waals surface area contributed by atoms with Crippen molar-refractivity contribution in [3.05, 3.63) is 95.3 Å². The smallest absolute Gasteiger partial charge is 0.387 e. The molecule has 0 aliphatic carbocycles. The van der Waals surface area contributed by atoms with E-state index in [4.69, 9.17) is 19.1 Å². The number of oxazole rings is 1. The number of nitrogens with zero attached hydrogens (tertiary/aromatic N) is 5. The number of fused-ring (bicyclic) bond motifs is 2. The Balaban J connectivity index is 1.07. The van der Waals surface area contributed by atoms with Gasteiger partial charge in [-0.1, -0.05) is 24.3 Å². The maximum absolute atomic E-state index is 13.5. The summed E-state index contributed by atoms with van der Waals surface area (Å²) >= 11 is 0. The Labute approximate surface area is 327 Å². The van der Waals surface area contributed by atoms with Crippen LogP contribution in [-0.2, 0) is 22.7 Å². The number of likely N-dealkylation sites (tertiary alicyclic amines) is 2. The number of hydrogen-bond acceptors (Lipinski definition) is 10. The summed E-state index contributed by atoms with van der Waals surface area (Å²) in [4.78, 5) is 41.7. The van der Waals surface area contributed by atoms with Crippen LogP contribution in [-0.4, -0.2) is 78.2 Å². The van der Waals surface area contributed by atoms with Crippen LogP contribution in [0.25, 0.3) is 44.6 Å². The van der Waals surface area contributed by atoms with Crippen LogP contribution in [0.4, 0.5) is 20.3 Å². The fourth-order valence-electron chi connectivity index (χ4n) is 8.32. The van der Waals surface area contributed by atoms with E-state index in [9.17, 15) is 28.6 Å². The molecule has 2 aliphatic heterocycles. The van der Waals surface area contributed by atoms with Gasteiger partial charge in [-0.15, -0.1) is 0 Å². The number of carboxylic acids is 2. The van der Waals surface area contributed by atoms with Gasteiger partial charge in [0.25, 0.3) is 0 Å². The van der Waals surface area contributed by atoms with Gasteiger partial charge in [-0.3, -0.25) is 24.4 Å². The first kappa shape index (κ1) is 37.9. The number of aliphatic carboxylic acids is 2. The summed E-state index contributed by atoms with van der Waals surface area (Å²) in [6.45, 7) is 4.56. The van der Waals surface area contributed by atoms with Crippen LogP contribution in [0.1, 0.15) is 54.9 Å². The number of carboxylic acid groups (broad SMARTS) is 2. The SMILES string of the molecule is Cc1c(Nc2nccc3cc(CN4CCCC4(C)C(=O)O)cnc23)cccc1-c1cccc(-c2nc3cc(CN4CCCC4C(=O)O)c(OC(F)F)cc3o2)c1C. The first-order valence-corrected chi connectivity index (χ1v) is 18.9. The third kappa shape index (κ3) is 7.26. The van der Waals surface area contributed by atoms with E-state index in [1.165, 1.54) is 6.07 Å². The Morgan fingerprint density at radius 1 is 0.982 bits per heavy atom. The van der Waals surface area contributed by atoms with Crippen LogP contribution < -0.4 is 10.1 Å². The Morgan fingerprint density at radius 2 is 1.75 bits per heavy atom.